The molecule has 0 aromatic carbocycles. The number of methoxy groups -OCH3 is 1. The Balaban J connectivity index is 1.85. The van der Waals surface area contributed by atoms with Gasteiger partial charge in [0.05, 0.1) is 24.7 Å². The normalized spacial score (nSPS) is 13.9. The molecule has 162 valence electrons. The van der Waals surface area contributed by atoms with Crippen LogP contribution in [0.15, 0.2) is 52.7 Å². The van der Waals surface area contributed by atoms with E-state index in [0.717, 1.165) is 29.1 Å². The molecule has 0 saturated heterocycles. The second kappa shape index (κ2) is 9.88. The lowest BCUT2D eigenvalue weighted by Gasteiger charge is -2.17. The van der Waals surface area contributed by atoms with Gasteiger partial charge in [0.15, 0.2) is 0 Å². The molecule has 8 heteroatoms. The molecule has 2 aromatic heterocycles. The third-order valence-corrected chi connectivity index (χ3v) is 4.90. The van der Waals surface area contributed by atoms with Gasteiger partial charge in [0, 0.05) is 37.6 Å². The largest absolute Gasteiger partial charge is 0.496 e. The van der Waals surface area contributed by atoms with Gasteiger partial charge >= 0.3 is 0 Å². The molecule has 31 heavy (non-hydrogen) atoms. The van der Waals surface area contributed by atoms with Crippen molar-refractivity contribution < 1.29 is 9.47 Å². The summed E-state index contributed by atoms with van der Waals surface area (Å²) in [6.07, 6.45) is 11.1. The first kappa shape index (κ1) is 22.0. The Morgan fingerprint density at radius 3 is 3.00 bits per heavy atom. The van der Waals surface area contributed by atoms with Crippen molar-refractivity contribution in [1.29, 1.82) is 0 Å². The van der Waals surface area contributed by atoms with E-state index in [4.69, 9.17) is 9.47 Å². The Morgan fingerprint density at radius 1 is 1.45 bits per heavy atom. The van der Waals surface area contributed by atoms with E-state index in [1.54, 1.807) is 30.7 Å². The molecule has 1 atom stereocenters. The topological polar surface area (TPSA) is 81.8 Å². The number of allylic oxidation sites excluding steroid dienone is 2. The van der Waals surface area contributed by atoms with E-state index in [2.05, 4.69) is 21.8 Å². The summed E-state index contributed by atoms with van der Waals surface area (Å²) in [7, 11) is 3.48. The predicted octanol–water partition coefficient (Wildman–Crippen LogP) is 3.32. The number of ether oxygens (including phenoxy) is 2. The van der Waals surface area contributed by atoms with Crippen molar-refractivity contribution in [2.24, 2.45) is 5.10 Å². The highest BCUT2D eigenvalue weighted by Crippen LogP contribution is 2.29. The second-order valence-corrected chi connectivity index (χ2v) is 7.04. The fraction of sp³-hybridized carbons (Fsp3) is 0.304. The molecule has 1 unspecified atom stereocenters. The van der Waals surface area contributed by atoms with Crippen molar-refractivity contribution in [1.82, 2.24) is 19.8 Å². The van der Waals surface area contributed by atoms with Crippen LogP contribution in [0.3, 0.4) is 0 Å². The SMILES string of the molecule is C=C(C=NN(C)CC)n1ccc(=O)c(OC(C)C2=Cc3c(OC)ccnc3C=CC2)n1. The third-order valence-electron chi connectivity index (χ3n) is 4.90. The number of hydrogen-bond acceptors (Lipinski definition) is 7. The monoisotopic (exact) mass is 421 g/mol. The first-order valence-electron chi connectivity index (χ1n) is 10.0. The Kier molecular flexibility index (Phi) is 7.02. The molecule has 1 aliphatic rings. The number of fused-ring (bicyclic) bond motifs is 1. The van der Waals surface area contributed by atoms with Gasteiger partial charge in [-0.1, -0.05) is 12.7 Å². The van der Waals surface area contributed by atoms with Crippen LogP contribution in [0.5, 0.6) is 11.6 Å². The van der Waals surface area contributed by atoms with Crippen molar-refractivity contribution in [3.8, 4) is 11.6 Å². The van der Waals surface area contributed by atoms with E-state index in [-0.39, 0.29) is 17.4 Å². The van der Waals surface area contributed by atoms with Crippen LogP contribution in [-0.2, 0) is 0 Å². The van der Waals surface area contributed by atoms with Gasteiger partial charge in [0.2, 0.25) is 5.43 Å². The van der Waals surface area contributed by atoms with Crippen LogP contribution in [0.25, 0.3) is 17.8 Å². The van der Waals surface area contributed by atoms with E-state index in [0.29, 0.717) is 12.1 Å². The van der Waals surface area contributed by atoms with Gasteiger partial charge in [-0.05, 0) is 44.1 Å². The summed E-state index contributed by atoms with van der Waals surface area (Å²) >= 11 is 0. The maximum absolute atomic E-state index is 12.4. The molecular weight excluding hydrogens is 394 g/mol. The highest BCUT2D eigenvalue weighted by Gasteiger charge is 2.18. The zero-order chi connectivity index (χ0) is 22.4. The first-order chi connectivity index (χ1) is 14.9. The minimum atomic E-state index is -0.385. The molecule has 0 N–H and O–H groups in total. The van der Waals surface area contributed by atoms with Gasteiger partial charge in [-0.3, -0.25) is 9.78 Å². The summed E-state index contributed by atoms with van der Waals surface area (Å²) in [5.41, 5.74) is 2.89. The number of aromatic nitrogens is 3. The highest BCUT2D eigenvalue weighted by molar-refractivity contribution is 6.00. The van der Waals surface area contributed by atoms with Crippen LogP contribution in [0.1, 0.15) is 31.5 Å². The van der Waals surface area contributed by atoms with E-state index >= 15 is 0 Å². The number of hydrazone groups is 1. The molecule has 0 saturated carbocycles. The molecule has 3 rings (SSSR count). The quantitative estimate of drug-likeness (QED) is 0.480. The summed E-state index contributed by atoms with van der Waals surface area (Å²) < 4.78 is 12.9. The molecular formula is C23H27N5O3. The number of nitrogens with zero attached hydrogens (tertiary/aromatic N) is 5. The lowest BCUT2D eigenvalue weighted by Crippen LogP contribution is -2.22. The van der Waals surface area contributed by atoms with E-state index < -0.39 is 0 Å². The van der Waals surface area contributed by atoms with Crippen molar-refractivity contribution in [3.05, 3.63) is 64.2 Å². The minimum absolute atomic E-state index is 0.000831. The van der Waals surface area contributed by atoms with Crippen LogP contribution in [-0.4, -0.2) is 52.8 Å². The van der Waals surface area contributed by atoms with Crippen LogP contribution >= 0.6 is 0 Å². The first-order valence-corrected chi connectivity index (χ1v) is 10.0. The summed E-state index contributed by atoms with van der Waals surface area (Å²) in [5, 5.41) is 10.3. The maximum atomic E-state index is 12.4. The molecule has 0 fully saturated rings. The smallest absolute Gasteiger partial charge is 0.280 e. The molecule has 1 aliphatic carbocycles. The van der Waals surface area contributed by atoms with Crippen LogP contribution < -0.4 is 14.9 Å². The van der Waals surface area contributed by atoms with Gasteiger partial charge in [0.1, 0.15) is 11.9 Å². The van der Waals surface area contributed by atoms with Crippen molar-refractivity contribution in [2.75, 3.05) is 20.7 Å². The zero-order valence-corrected chi connectivity index (χ0v) is 18.3. The molecule has 0 aliphatic heterocycles. The van der Waals surface area contributed by atoms with Crippen LogP contribution in [0, 0.1) is 0 Å². The minimum Gasteiger partial charge on any atom is -0.496 e. The Labute approximate surface area is 181 Å². The van der Waals surface area contributed by atoms with Gasteiger partial charge < -0.3 is 14.5 Å². The van der Waals surface area contributed by atoms with Gasteiger partial charge in [-0.15, -0.1) is 5.10 Å². The van der Waals surface area contributed by atoms with Crippen LogP contribution in [0.2, 0.25) is 0 Å². The number of rotatable bonds is 8. The fourth-order valence-electron chi connectivity index (χ4n) is 2.94. The molecule has 2 heterocycles. The van der Waals surface area contributed by atoms with E-state index in [1.165, 1.54) is 10.7 Å². The zero-order valence-electron chi connectivity index (χ0n) is 18.3. The van der Waals surface area contributed by atoms with E-state index in [1.807, 2.05) is 45.2 Å². The summed E-state index contributed by atoms with van der Waals surface area (Å²) in [4.78, 5) is 16.8. The maximum Gasteiger partial charge on any atom is 0.280 e. The van der Waals surface area contributed by atoms with Crippen molar-refractivity contribution in [3.63, 3.8) is 0 Å². The second-order valence-electron chi connectivity index (χ2n) is 7.04. The molecule has 2 aromatic rings. The fourth-order valence-corrected chi connectivity index (χ4v) is 2.94. The molecule has 0 amide bonds. The summed E-state index contributed by atoms with van der Waals surface area (Å²) in [5.74, 6) is 0.731. The molecule has 0 spiro atoms. The number of hydrogen-bond donors (Lipinski definition) is 0. The van der Waals surface area contributed by atoms with Crippen LogP contribution in [0.4, 0.5) is 0 Å². The summed E-state index contributed by atoms with van der Waals surface area (Å²) in [6.45, 7) is 8.60. The Bertz CT molecular complexity index is 1100. The third kappa shape index (κ3) is 5.28. The Hall–Kier alpha value is -3.68. The highest BCUT2D eigenvalue weighted by atomic mass is 16.5. The molecule has 8 nitrogen and oxygen atoms in total. The standard InChI is InChI=1S/C23H27N5O3/c1-6-27(4)25-15-16(2)28-13-11-21(29)23(26-28)31-17(3)18-8-7-9-20-19(14-18)22(30-5)10-12-24-20/h7,9-15,17H,2,6,8H2,1,3-5H3. The lowest BCUT2D eigenvalue weighted by atomic mass is 10.0. The molecule has 0 bridgehead atoms. The van der Waals surface area contributed by atoms with E-state index in [9.17, 15) is 4.79 Å². The van der Waals surface area contributed by atoms with Gasteiger partial charge in [0.25, 0.3) is 5.88 Å². The van der Waals surface area contributed by atoms with Crippen molar-refractivity contribution in [2.45, 2.75) is 26.4 Å². The average molecular weight is 422 g/mol. The lowest BCUT2D eigenvalue weighted by molar-refractivity contribution is 0.239. The van der Waals surface area contributed by atoms with Gasteiger partial charge in [-0.2, -0.15) is 5.10 Å². The average Bonchev–Trinajstić information content (AvgIpc) is 3.01. The van der Waals surface area contributed by atoms with Crippen molar-refractivity contribution >= 4 is 24.1 Å². The Morgan fingerprint density at radius 2 is 2.26 bits per heavy atom. The molecule has 0 radical (unpaired) electrons. The summed E-state index contributed by atoms with van der Waals surface area (Å²) in [6, 6.07) is 3.22. The van der Waals surface area contributed by atoms with Gasteiger partial charge in [-0.25, -0.2) is 4.68 Å². The predicted molar refractivity (Wildman–Crippen MR) is 123 cm³/mol. The number of pyridine rings is 1.